The summed E-state index contributed by atoms with van der Waals surface area (Å²) in [4.78, 5) is 27.6. The predicted molar refractivity (Wildman–Crippen MR) is 118 cm³/mol. The van der Waals surface area contributed by atoms with Crippen molar-refractivity contribution in [1.82, 2.24) is 0 Å². The monoisotopic (exact) mass is 465 g/mol. The van der Waals surface area contributed by atoms with Gasteiger partial charge in [-0.15, -0.1) is 0 Å². The van der Waals surface area contributed by atoms with Crippen LogP contribution in [0.1, 0.15) is 34.3 Å². The third kappa shape index (κ3) is 3.27. The summed E-state index contributed by atoms with van der Waals surface area (Å²) in [5.74, 6) is -0.585. The average molecular weight is 466 g/mol. The van der Waals surface area contributed by atoms with E-state index in [2.05, 4.69) is 15.9 Å². The molecule has 1 unspecified atom stereocenters. The van der Waals surface area contributed by atoms with Crippen molar-refractivity contribution in [1.29, 1.82) is 0 Å². The first-order chi connectivity index (χ1) is 14.3. The zero-order chi connectivity index (χ0) is 21.6. The van der Waals surface area contributed by atoms with Crippen molar-refractivity contribution in [3.63, 3.8) is 0 Å². The Morgan fingerprint density at radius 1 is 1.00 bits per heavy atom. The molecule has 0 bridgehead atoms. The maximum Gasteiger partial charge on any atom is 0.300 e. The fraction of sp³-hybridized carbons (Fsp3) is 0.167. The van der Waals surface area contributed by atoms with E-state index in [4.69, 9.17) is 4.42 Å². The zero-order valence-electron chi connectivity index (χ0n) is 16.8. The molecular weight excluding hydrogens is 446 g/mol. The van der Waals surface area contributed by atoms with Crippen molar-refractivity contribution < 1.29 is 19.1 Å². The number of benzene rings is 2. The number of aliphatic hydroxyl groups excluding tert-OH is 1. The van der Waals surface area contributed by atoms with Crippen molar-refractivity contribution in [2.24, 2.45) is 0 Å². The molecule has 6 heteroatoms. The van der Waals surface area contributed by atoms with Gasteiger partial charge in [-0.2, -0.15) is 0 Å². The molecule has 2 aromatic carbocycles. The smallest absolute Gasteiger partial charge is 0.300 e. The Balaban J connectivity index is 1.97. The lowest BCUT2D eigenvalue weighted by atomic mass is 9.98. The van der Waals surface area contributed by atoms with E-state index in [1.54, 1.807) is 43.3 Å². The van der Waals surface area contributed by atoms with Crippen molar-refractivity contribution in [3.8, 4) is 0 Å². The highest BCUT2D eigenvalue weighted by molar-refractivity contribution is 9.10. The van der Waals surface area contributed by atoms with Crippen LogP contribution in [0, 0.1) is 20.8 Å². The first kappa shape index (κ1) is 20.2. The van der Waals surface area contributed by atoms with Crippen LogP contribution >= 0.6 is 15.9 Å². The predicted octanol–water partition coefficient (Wildman–Crippen LogP) is 5.59. The highest BCUT2D eigenvalue weighted by Gasteiger charge is 2.48. The summed E-state index contributed by atoms with van der Waals surface area (Å²) < 4.78 is 6.70. The van der Waals surface area contributed by atoms with Gasteiger partial charge in [0.15, 0.2) is 0 Å². The molecule has 152 valence electrons. The first-order valence-corrected chi connectivity index (χ1v) is 10.3. The molecule has 1 atom stereocenters. The summed E-state index contributed by atoms with van der Waals surface area (Å²) in [7, 11) is 0. The van der Waals surface area contributed by atoms with E-state index in [0.29, 0.717) is 22.8 Å². The first-order valence-electron chi connectivity index (χ1n) is 9.49. The van der Waals surface area contributed by atoms with Gasteiger partial charge in [0.1, 0.15) is 23.3 Å². The van der Waals surface area contributed by atoms with E-state index < -0.39 is 17.7 Å². The van der Waals surface area contributed by atoms with Crippen molar-refractivity contribution >= 4 is 39.1 Å². The van der Waals surface area contributed by atoms with Crippen LogP contribution in [0.3, 0.4) is 0 Å². The maximum atomic E-state index is 13.1. The SMILES string of the molecule is Cc1ccc(C2/C(=C(/O)c3ccc(Br)c(C)c3)C(=O)C(=O)N2c2ccccc2C)o1. The van der Waals surface area contributed by atoms with Crippen LogP contribution in [-0.2, 0) is 9.59 Å². The Morgan fingerprint density at radius 2 is 1.73 bits per heavy atom. The van der Waals surface area contributed by atoms with Gasteiger partial charge in [-0.25, -0.2) is 0 Å². The Morgan fingerprint density at radius 3 is 2.37 bits per heavy atom. The molecule has 5 nitrogen and oxygen atoms in total. The van der Waals surface area contributed by atoms with Gasteiger partial charge in [-0.1, -0.05) is 40.2 Å². The van der Waals surface area contributed by atoms with Crippen LogP contribution < -0.4 is 4.90 Å². The van der Waals surface area contributed by atoms with E-state index in [9.17, 15) is 14.7 Å². The van der Waals surface area contributed by atoms with Crippen LogP contribution in [0.4, 0.5) is 5.69 Å². The number of hydrogen-bond donors (Lipinski definition) is 1. The van der Waals surface area contributed by atoms with Crippen LogP contribution in [0.15, 0.2) is 69.1 Å². The fourth-order valence-corrected chi connectivity index (χ4v) is 3.98. The largest absolute Gasteiger partial charge is 0.507 e. The number of carbonyl (C=O) groups is 2. The summed E-state index contributed by atoms with van der Waals surface area (Å²) in [5, 5.41) is 11.1. The number of Topliss-reactive ketones (excluding diaryl/α,β-unsaturated/α-hetero) is 1. The Bertz CT molecular complexity index is 1210. The fourth-order valence-electron chi connectivity index (χ4n) is 3.73. The molecule has 0 aliphatic carbocycles. The molecule has 1 amide bonds. The summed E-state index contributed by atoms with van der Waals surface area (Å²) in [6.45, 7) is 5.55. The Labute approximate surface area is 182 Å². The zero-order valence-corrected chi connectivity index (χ0v) is 18.4. The number of para-hydroxylation sites is 1. The lowest BCUT2D eigenvalue weighted by molar-refractivity contribution is -0.132. The molecule has 1 fully saturated rings. The van der Waals surface area contributed by atoms with Gasteiger partial charge in [0.2, 0.25) is 0 Å². The molecule has 0 spiro atoms. The minimum absolute atomic E-state index is 0.0133. The van der Waals surface area contributed by atoms with E-state index >= 15 is 0 Å². The molecule has 0 radical (unpaired) electrons. The number of aliphatic hydroxyl groups is 1. The van der Waals surface area contributed by atoms with E-state index in [0.717, 1.165) is 15.6 Å². The number of halogens is 1. The van der Waals surface area contributed by atoms with Crippen molar-refractivity contribution in [2.45, 2.75) is 26.8 Å². The number of ketones is 1. The molecule has 1 saturated heterocycles. The van der Waals surface area contributed by atoms with Crippen LogP contribution in [0.25, 0.3) is 5.76 Å². The summed E-state index contributed by atoms with van der Waals surface area (Å²) >= 11 is 3.44. The second-order valence-electron chi connectivity index (χ2n) is 7.37. The lowest BCUT2D eigenvalue weighted by Crippen LogP contribution is -2.29. The third-order valence-electron chi connectivity index (χ3n) is 5.28. The van der Waals surface area contributed by atoms with Crippen molar-refractivity contribution in [3.05, 3.63) is 92.9 Å². The minimum atomic E-state index is -0.858. The lowest BCUT2D eigenvalue weighted by Gasteiger charge is -2.25. The average Bonchev–Trinajstić information content (AvgIpc) is 3.25. The third-order valence-corrected chi connectivity index (χ3v) is 6.17. The number of nitrogens with zero attached hydrogens (tertiary/aromatic N) is 1. The van der Waals surface area contributed by atoms with E-state index in [1.165, 1.54) is 4.90 Å². The topological polar surface area (TPSA) is 70.8 Å². The minimum Gasteiger partial charge on any atom is -0.507 e. The summed E-state index contributed by atoms with van der Waals surface area (Å²) in [6, 6.07) is 15.3. The molecule has 1 aliphatic rings. The van der Waals surface area contributed by atoms with Gasteiger partial charge in [0.25, 0.3) is 11.7 Å². The van der Waals surface area contributed by atoms with Crippen LogP contribution in [0.5, 0.6) is 0 Å². The molecule has 1 N–H and O–H groups in total. The van der Waals surface area contributed by atoms with Gasteiger partial charge >= 0.3 is 0 Å². The normalized spacial score (nSPS) is 18.3. The number of furan rings is 1. The highest BCUT2D eigenvalue weighted by atomic mass is 79.9. The number of aryl methyl sites for hydroxylation is 3. The number of hydrogen-bond acceptors (Lipinski definition) is 4. The number of carbonyl (C=O) groups excluding carboxylic acids is 2. The number of rotatable bonds is 3. The second-order valence-corrected chi connectivity index (χ2v) is 8.22. The second kappa shape index (κ2) is 7.61. The van der Waals surface area contributed by atoms with E-state index in [1.807, 2.05) is 32.0 Å². The maximum absolute atomic E-state index is 13.1. The molecule has 1 aromatic heterocycles. The van der Waals surface area contributed by atoms with Gasteiger partial charge in [-0.05, 0) is 62.2 Å². The van der Waals surface area contributed by atoms with Gasteiger partial charge in [0.05, 0.1) is 5.57 Å². The van der Waals surface area contributed by atoms with Crippen LogP contribution in [-0.4, -0.2) is 16.8 Å². The quantitative estimate of drug-likeness (QED) is 0.310. The number of anilines is 1. The molecular formula is C24H20BrNO4. The van der Waals surface area contributed by atoms with Gasteiger partial charge < -0.3 is 9.52 Å². The van der Waals surface area contributed by atoms with Crippen molar-refractivity contribution in [2.75, 3.05) is 4.90 Å². The molecule has 30 heavy (non-hydrogen) atoms. The molecule has 3 aromatic rings. The molecule has 4 rings (SSSR count). The molecule has 2 heterocycles. The standard InChI is InChI=1S/C24H20BrNO4/c1-13-6-4-5-7-18(13)26-21(19-11-8-15(3)30-19)20(23(28)24(26)29)22(27)16-9-10-17(25)14(2)12-16/h4-12,21,27H,1-3H3/b22-20-. The summed E-state index contributed by atoms with van der Waals surface area (Å²) in [6.07, 6.45) is 0. The van der Waals surface area contributed by atoms with Crippen LogP contribution in [0.2, 0.25) is 0 Å². The number of amides is 1. The highest BCUT2D eigenvalue weighted by Crippen LogP contribution is 2.43. The molecule has 0 saturated carbocycles. The molecule has 1 aliphatic heterocycles. The Kier molecular flexibility index (Phi) is 5.12. The Hall–Kier alpha value is -3.12. The summed E-state index contributed by atoms with van der Waals surface area (Å²) in [5.41, 5.74) is 2.82. The van der Waals surface area contributed by atoms with E-state index in [-0.39, 0.29) is 11.3 Å². The van der Waals surface area contributed by atoms with Gasteiger partial charge in [-0.3, -0.25) is 14.5 Å². The van der Waals surface area contributed by atoms with Gasteiger partial charge in [0, 0.05) is 15.7 Å².